The number of pyridine rings is 2. The number of anilines is 2. The van der Waals surface area contributed by atoms with Crippen molar-refractivity contribution in [2.24, 2.45) is 0 Å². The number of rotatable bonds is 4. The Labute approximate surface area is 134 Å². The number of aryl methyl sites for hydroxylation is 1. The summed E-state index contributed by atoms with van der Waals surface area (Å²) in [5.41, 5.74) is 1.75. The Balaban J connectivity index is 1.52. The number of urea groups is 1. The summed E-state index contributed by atoms with van der Waals surface area (Å²) in [7, 11) is 1.52. The Morgan fingerprint density at radius 2 is 2.17 bits per heavy atom. The molecule has 23 heavy (non-hydrogen) atoms. The first-order chi connectivity index (χ1) is 11.3. The van der Waals surface area contributed by atoms with E-state index in [2.05, 4.69) is 32.0 Å². The highest BCUT2D eigenvalue weighted by Crippen LogP contribution is 2.22. The minimum Gasteiger partial charge on any atom is -0.480 e. The molecule has 0 spiro atoms. The van der Waals surface area contributed by atoms with Gasteiger partial charge >= 0.3 is 6.03 Å². The smallest absolute Gasteiger partial charge is 0.319 e. The molecule has 0 saturated heterocycles. The molecule has 1 unspecified atom stereocenters. The van der Waals surface area contributed by atoms with Crippen LogP contribution < -0.4 is 20.7 Å². The van der Waals surface area contributed by atoms with Crippen molar-refractivity contribution in [1.82, 2.24) is 15.3 Å². The maximum atomic E-state index is 12.0. The molecule has 2 aromatic heterocycles. The van der Waals surface area contributed by atoms with E-state index >= 15 is 0 Å². The topological polar surface area (TPSA) is 88.2 Å². The summed E-state index contributed by atoms with van der Waals surface area (Å²) in [6, 6.07) is 7.37. The number of fused-ring (bicyclic) bond motifs is 1. The molecule has 3 N–H and O–H groups in total. The quantitative estimate of drug-likeness (QED) is 0.804. The van der Waals surface area contributed by atoms with E-state index < -0.39 is 0 Å². The molecule has 1 atom stereocenters. The largest absolute Gasteiger partial charge is 0.480 e. The van der Waals surface area contributed by atoms with Crippen LogP contribution in [0.5, 0.6) is 5.88 Å². The number of nitrogens with zero attached hydrogens (tertiary/aromatic N) is 2. The first-order valence-electron chi connectivity index (χ1n) is 7.50. The van der Waals surface area contributed by atoms with Crippen LogP contribution in [-0.2, 0) is 6.42 Å². The summed E-state index contributed by atoms with van der Waals surface area (Å²) < 4.78 is 5.11. The van der Waals surface area contributed by atoms with Crippen molar-refractivity contribution in [1.29, 1.82) is 0 Å². The molecule has 3 heterocycles. The third-order valence-electron chi connectivity index (χ3n) is 3.72. The van der Waals surface area contributed by atoms with Crippen molar-refractivity contribution in [3.8, 4) is 5.88 Å². The van der Waals surface area contributed by atoms with Gasteiger partial charge in [0, 0.05) is 25.0 Å². The second-order valence-corrected chi connectivity index (χ2v) is 5.29. The van der Waals surface area contributed by atoms with Crippen LogP contribution in [0.25, 0.3) is 0 Å². The lowest BCUT2D eigenvalue weighted by Crippen LogP contribution is -2.40. The van der Waals surface area contributed by atoms with E-state index in [9.17, 15) is 4.79 Å². The van der Waals surface area contributed by atoms with Gasteiger partial charge in [-0.25, -0.2) is 14.8 Å². The Morgan fingerprint density at radius 3 is 3.04 bits per heavy atom. The number of amides is 2. The Morgan fingerprint density at radius 1 is 1.35 bits per heavy atom. The van der Waals surface area contributed by atoms with E-state index in [1.807, 2.05) is 6.07 Å². The Hall–Kier alpha value is -2.83. The standard InChI is InChI=1S/C16H19N5O2/c1-23-15-13(5-3-9-18-15)21-16(22)19-10-12-7-6-11-4-2-8-17-14(11)20-12/h2-5,8-9,12H,6-7,10H2,1H3,(H,17,20)(H2,19,21,22). The maximum absolute atomic E-state index is 12.0. The lowest BCUT2D eigenvalue weighted by Gasteiger charge is -2.26. The van der Waals surface area contributed by atoms with Crippen molar-refractivity contribution in [3.05, 3.63) is 42.2 Å². The van der Waals surface area contributed by atoms with E-state index in [4.69, 9.17) is 4.74 Å². The molecule has 0 fully saturated rings. The SMILES string of the molecule is COc1ncccc1NC(=O)NCC1CCc2cccnc2N1. The summed E-state index contributed by atoms with van der Waals surface area (Å²) in [4.78, 5) is 20.4. The van der Waals surface area contributed by atoms with Crippen LogP contribution in [0.2, 0.25) is 0 Å². The number of nitrogens with one attached hydrogen (secondary N) is 3. The van der Waals surface area contributed by atoms with Gasteiger partial charge in [0.1, 0.15) is 11.5 Å². The van der Waals surface area contributed by atoms with Gasteiger partial charge in [0.05, 0.1) is 7.11 Å². The van der Waals surface area contributed by atoms with Gasteiger partial charge in [0.25, 0.3) is 0 Å². The zero-order valence-corrected chi connectivity index (χ0v) is 12.9. The van der Waals surface area contributed by atoms with Crippen molar-refractivity contribution >= 4 is 17.5 Å². The summed E-state index contributed by atoms with van der Waals surface area (Å²) in [5.74, 6) is 1.29. The first kappa shape index (κ1) is 15.1. The second-order valence-electron chi connectivity index (χ2n) is 5.29. The number of ether oxygens (including phenoxy) is 1. The van der Waals surface area contributed by atoms with Gasteiger partial charge in [0.15, 0.2) is 0 Å². The van der Waals surface area contributed by atoms with Crippen LogP contribution in [0.15, 0.2) is 36.7 Å². The number of carbonyl (C=O) groups is 1. The van der Waals surface area contributed by atoms with Gasteiger partial charge in [-0.1, -0.05) is 6.07 Å². The monoisotopic (exact) mass is 313 g/mol. The maximum Gasteiger partial charge on any atom is 0.319 e. The molecule has 7 heteroatoms. The van der Waals surface area contributed by atoms with Gasteiger partial charge in [-0.05, 0) is 36.6 Å². The average molecular weight is 313 g/mol. The van der Waals surface area contributed by atoms with E-state index in [0.29, 0.717) is 18.1 Å². The first-order valence-corrected chi connectivity index (χ1v) is 7.50. The zero-order valence-electron chi connectivity index (χ0n) is 12.9. The molecule has 0 bridgehead atoms. The van der Waals surface area contributed by atoms with E-state index in [1.54, 1.807) is 24.5 Å². The molecule has 0 radical (unpaired) electrons. The van der Waals surface area contributed by atoms with Crippen molar-refractivity contribution in [2.45, 2.75) is 18.9 Å². The van der Waals surface area contributed by atoms with Crippen molar-refractivity contribution < 1.29 is 9.53 Å². The molecule has 3 rings (SSSR count). The molecule has 2 aromatic rings. The molecule has 0 aromatic carbocycles. The third kappa shape index (κ3) is 3.68. The molecular formula is C16H19N5O2. The normalized spacial score (nSPS) is 16.0. The lowest BCUT2D eigenvalue weighted by molar-refractivity contribution is 0.251. The lowest BCUT2D eigenvalue weighted by atomic mass is 10.0. The van der Waals surface area contributed by atoms with Gasteiger partial charge in [-0.15, -0.1) is 0 Å². The summed E-state index contributed by atoms with van der Waals surface area (Å²) in [6.07, 6.45) is 5.29. The fraction of sp³-hybridized carbons (Fsp3) is 0.312. The van der Waals surface area contributed by atoms with Crippen LogP contribution in [0.4, 0.5) is 16.3 Å². The minimum atomic E-state index is -0.287. The van der Waals surface area contributed by atoms with E-state index in [-0.39, 0.29) is 12.1 Å². The molecule has 2 amide bonds. The van der Waals surface area contributed by atoms with Gasteiger partial charge in [-0.2, -0.15) is 0 Å². The number of hydrogen-bond acceptors (Lipinski definition) is 5. The van der Waals surface area contributed by atoms with Crippen LogP contribution in [0, 0.1) is 0 Å². The molecule has 0 aliphatic carbocycles. The number of methoxy groups -OCH3 is 1. The predicted octanol–water partition coefficient (Wildman–Crippen LogP) is 2.03. The fourth-order valence-electron chi connectivity index (χ4n) is 2.55. The highest BCUT2D eigenvalue weighted by molar-refractivity contribution is 5.90. The third-order valence-corrected chi connectivity index (χ3v) is 3.72. The highest BCUT2D eigenvalue weighted by atomic mass is 16.5. The highest BCUT2D eigenvalue weighted by Gasteiger charge is 2.18. The van der Waals surface area contributed by atoms with E-state index in [0.717, 1.165) is 18.7 Å². The number of aromatic nitrogens is 2. The zero-order chi connectivity index (χ0) is 16.1. The van der Waals surface area contributed by atoms with Gasteiger partial charge < -0.3 is 20.7 Å². The van der Waals surface area contributed by atoms with Crippen LogP contribution in [0.3, 0.4) is 0 Å². The summed E-state index contributed by atoms with van der Waals surface area (Å²) in [6.45, 7) is 0.518. The number of hydrogen-bond donors (Lipinski definition) is 3. The molecule has 7 nitrogen and oxygen atoms in total. The fourth-order valence-corrected chi connectivity index (χ4v) is 2.55. The second kappa shape index (κ2) is 6.95. The van der Waals surface area contributed by atoms with Crippen LogP contribution in [-0.4, -0.2) is 35.7 Å². The van der Waals surface area contributed by atoms with Gasteiger partial charge in [-0.3, -0.25) is 0 Å². The summed E-state index contributed by atoms with van der Waals surface area (Å²) in [5, 5.41) is 8.95. The van der Waals surface area contributed by atoms with E-state index in [1.165, 1.54) is 12.7 Å². The minimum absolute atomic E-state index is 0.166. The Kier molecular flexibility index (Phi) is 4.56. The van der Waals surface area contributed by atoms with Crippen molar-refractivity contribution in [2.75, 3.05) is 24.3 Å². The predicted molar refractivity (Wildman–Crippen MR) is 87.8 cm³/mol. The molecule has 1 aliphatic heterocycles. The van der Waals surface area contributed by atoms with Crippen LogP contribution >= 0.6 is 0 Å². The summed E-state index contributed by atoms with van der Waals surface area (Å²) >= 11 is 0. The van der Waals surface area contributed by atoms with Crippen molar-refractivity contribution in [3.63, 3.8) is 0 Å². The number of carbonyl (C=O) groups excluding carboxylic acids is 1. The van der Waals surface area contributed by atoms with Crippen LogP contribution in [0.1, 0.15) is 12.0 Å². The van der Waals surface area contributed by atoms with Gasteiger partial charge in [0.2, 0.25) is 5.88 Å². The average Bonchev–Trinajstić information content (AvgIpc) is 2.60. The molecular weight excluding hydrogens is 294 g/mol. The Bertz CT molecular complexity index is 692. The molecule has 120 valence electrons. The molecule has 1 aliphatic rings. The molecule has 0 saturated carbocycles.